The van der Waals surface area contributed by atoms with Gasteiger partial charge < -0.3 is 24.0 Å². The minimum Gasteiger partial charge on any atom is -0.489 e. The van der Waals surface area contributed by atoms with Crippen molar-refractivity contribution < 1.29 is 28.6 Å². The molecule has 0 spiro atoms. The van der Waals surface area contributed by atoms with Crippen molar-refractivity contribution in [3.05, 3.63) is 88.1 Å². The van der Waals surface area contributed by atoms with Gasteiger partial charge in [-0.2, -0.15) is 0 Å². The zero-order valence-corrected chi connectivity index (χ0v) is 25.6. The predicted octanol–water partition coefficient (Wildman–Crippen LogP) is 5.60. The molecule has 3 aliphatic heterocycles. The molecule has 1 amide bonds. The summed E-state index contributed by atoms with van der Waals surface area (Å²) < 4.78 is 16.8. The summed E-state index contributed by atoms with van der Waals surface area (Å²) in [5.41, 5.74) is 3.66. The zero-order chi connectivity index (χ0) is 30.3. The van der Waals surface area contributed by atoms with Crippen LogP contribution in [0.3, 0.4) is 0 Å². The lowest BCUT2D eigenvalue weighted by Crippen LogP contribution is -2.42. The molecule has 0 aliphatic carbocycles. The van der Waals surface area contributed by atoms with Crippen molar-refractivity contribution in [2.24, 2.45) is 10.9 Å². The summed E-state index contributed by atoms with van der Waals surface area (Å²) in [5, 5.41) is 2.64. The number of esters is 2. The molecule has 10 heteroatoms. The van der Waals surface area contributed by atoms with Gasteiger partial charge in [0.15, 0.2) is 5.17 Å². The third kappa shape index (κ3) is 6.96. The molecule has 2 aromatic carbocycles. The van der Waals surface area contributed by atoms with Gasteiger partial charge in [-0.05, 0) is 62.3 Å². The predicted molar refractivity (Wildman–Crippen MR) is 165 cm³/mol. The van der Waals surface area contributed by atoms with Crippen LogP contribution in [0.15, 0.2) is 82.0 Å². The Hall–Kier alpha value is -4.05. The molecule has 3 aliphatic rings. The quantitative estimate of drug-likeness (QED) is 0.324. The van der Waals surface area contributed by atoms with Crippen LogP contribution in [0.4, 0.5) is 0 Å². The van der Waals surface area contributed by atoms with Crippen molar-refractivity contribution in [1.29, 1.82) is 0 Å². The highest BCUT2D eigenvalue weighted by Gasteiger charge is 2.42. The minimum absolute atomic E-state index is 0.0296. The Kier molecular flexibility index (Phi) is 9.86. The van der Waals surface area contributed by atoms with Crippen molar-refractivity contribution in [3.8, 4) is 5.75 Å². The Morgan fingerprint density at radius 3 is 2.44 bits per heavy atom. The van der Waals surface area contributed by atoms with Gasteiger partial charge in [-0.1, -0.05) is 54.2 Å². The molecule has 1 saturated heterocycles. The van der Waals surface area contributed by atoms with Gasteiger partial charge in [0.25, 0.3) is 0 Å². The fraction of sp³-hybridized carbons (Fsp3) is 0.394. The summed E-state index contributed by atoms with van der Waals surface area (Å²) in [7, 11) is 0. The molecule has 226 valence electrons. The fourth-order valence-corrected chi connectivity index (χ4v) is 6.53. The number of hydrogen-bond acceptors (Lipinski definition) is 9. The van der Waals surface area contributed by atoms with Gasteiger partial charge in [0, 0.05) is 18.8 Å². The van der Waals surface area contributed by atoms with Crippen LogP contribution in [0.25, 0.3) is 0 Å². The largest absolute Gasteiger partial charge is 0.489 e. The molecule has 0 unspecified atom stereocenters. The number of piperidine rings is 1. The Morgan fingerprint density at radius 1 is 0.977 bits per heavy atom. The van der Waals surface area contributed by atoms with Crippen LogP contribution in [0.5, 0.6) is 5.75 Å². The topological polar surface area (TPSA) is 97.7 Å². The molecule has 5 rings (SSSR count). The molecule has 1 fully saturated rings. The molecule has 1 atom stereocenters. The summed E-state index contributed by atoms with van der Waals surface area (Å²) in [6.07, 6.45) is 1.32. The lowest BCUT2D eigenvalue weighted by Gasteiger charge is -2.37. The van der Waals surface area contributed by atoms with E-state index in [4.69, 9.17) is 19.2 Å². The third-order valence-corrected chi connectivity index (χ3v) is 8.61. The van der Waals surface area contributed by atoms with E-state index >= 15 is 0 Å². The first-order valence-corrected chi connectivity index (χ1v) is 15.6. The van der Waals surface area contributed by atoms with E-state index in [0.29, 0.717) is 61.3 Å². The standard InChI is InChI=1S/C33H37N3O6S/c1-4-40-31(38)24-14-16-35(17-15-24)28(37)19-26-21-43-33-34-22(3)29(32(39)41-5-2)30(36(26)33)25-12-9-13-27(18-25)42-20-23-10-7-6-8-11-23/h6-13,18,21,24,30H,4-5,14-17,19-20H2,1-3H3/t30-/m0/s1. The summed E-state index contributed by atoms with van der Waals surface area (Å²) in [4.78, 5) is 47.5. The number of thioether (sulfide) groups is 1. The maximum Gasteiger partial charge on any atom is 0.338 e. The van der Waals surface area contributed by atoms with Crippen molar-refractivity contribution in [1.82, 2.24) is 9.80 Å². The van der Waals surface area contributed by atoms with Crippen LogP contribution in [-0.4, -0.2) is 59.1 Å². The number of carbonyl (C=O) groups excluding carboxylic acids is 3. The van der Waals surface area contributed by atoms with E-state index in [2.05, 4.69) is 0 Å². The molecular weight excluding hydrogens is 566 g/mol. The van der Waals surface area contributed by atoms with Crippen LogP contribution in [0, 0.1) is 5.92 Å². The van der Waals surface area contributed by atoms with E-state index in [0.717, 1.165) is 16.8 Å². The average molecular weight is 604 g/mol. The van der Waals surface area contributed by atoms with Crippen LogP contribution < -0.4 is 4.74 Å². The Balaban J connectivity index is 1.38. The second-order valence-corrected chi connectivity index (χ2v) is 11.4. The summed E-state index contributed by atoms with van der Waals surface area (Å²) in [5.74, 6) is -0.161. The van der Waals surface area contributed by atoms with E-state index in [-0.39, 0.29) is 30.8 Å². The number of benzene rings is 2. The first-order chi connectivity index (χ1) is 20.9. The van der Waals surface area contributed by atoms with E-state index in [1.165, 1.54) is 11.8 Å². The second-order valence-electron chi connectivity index (χ2n) is 10.5. The van der Waals surface area contributed by atoms with Gasteiger partial charge in [0.2, 0.25) is 5.91 Å². The number of fused-ring (bicyclic) bond motifs is 1. The average Bonchev–Trinajstić information content (AvgIpc) is 3.41. The number of likely N-dealkylation sites (tertiary alicyclic amines) is 1. The SMILES string of the molecule is CCOC(=O)C1=C(C)N=C2SC=C(CC(=O)N3CCC(C(=O)OCC)CC3)N2[C@H]1c1cccc(OCc2ccccc2)c1. The molecule has 2 aromatic rings. The molecule has 0 N–H and O–H groups in total. The number of nitrogens with zero attached hydrogens (tertiary/aromatic N) is 3. The number of carbonyl (C=O) groups is 3. The Morgan fingerprint density at radius 2 is 1.72 bits per heavy atom. The van der Waals surface area contributed by atoms with E-state index < -0.39 is 12.0 Å². The van der Waals surface area contributed by atoms with Gasteiger partial charge in [-0.15, -0.1) is 0 Å². The normalized spacial score (nSPS) is 18.5. The number of ether oxygens (including phenoxy) is 3. The molecule has 0 bridgehead atoms. The lowest BCUT2D eigenvalue weighted by molar-refractivity contribution is -0.151. The smallest absolute Gasteiger partial charge is 0.338 e. The summed E-state index contributed by atoms with van der Waals surface area (Å²) in [6.45, 7) is 7.39. The summed E-state index contributed by atoms with van der Waals surface area (Å²) in [6, 6.07) is 17.1. The number of allylic oxidation sites excluding steroid dienone is 1. The lowest BCUT2D eigenvalue weighted by atomic mass is 9.93. The van der Waals surface area contributed by atoms with Gasteiger partial charge in [0.05, 0.1) is 42.9 Å². The van der Waals surface area contributed by atoms with Crippen molar-refractivity contribution >= 4 is 34.8 Å². The number of amidine groups is 1. The first-order valence-electron chi connectivity index (χ1n) is 14.7. The van der Waals surface area contributed by atoms with Gasteiger partial charge >= 0.3 is 11.9 Å². The number of amides is 1. The van der Waals surface area contributed by atoms with Crippen molar-refractivity contribution in [2.45, 2.75) is 52.7 Å². The highest BCUT2D eigenvalue weighted by atomic mass is 32.2. The molecule has 43 heavy (non-hydrogen) atoms. The molecule has 0 aromatic heterocycles. The summed E-state index contributed by atoms with van der Waals surface area (Å²) >= 11 is 1.44. The van der Waals surface area contributed by atoms with Crippen LogP contribution in [0.2, 0.25) is 0 Å². The zero-order valence-electron chi connectivity index (χ0n) is 24.8. The monoisotopic (exact) mass is 603 g/mol. The number of aliphatic imine (C=N–C) groups is 1. The molecule has 3 heterocycles. The fourth-order valence-electron chi connectivity index (χ4n) is 5.56. The van der Waals surface area contributed by atoms with Crippen LogP contribution >= 0.6 is 11.8 Å². The number of rotatable bonds is 10. The Bertz CT molecular complexity index is 1450. The molecule has 9 nitrogen and oxygen atoms in total. The first kappa shape index (κ1) is 30.4. The van der Waals surface area contributed by atoms with Crippen LogP contribution in [-0.2, 0) is 30.5 Å². The molecule has 0 saturated carbocycles. The third-order valence-electron chi connectivity index (χ3n) is 7.72. The van der Waals surface area contributed by atoms with Crippen molar-refractivity contribution in [3.63, 3.8) is 0 Å². The van der Waals surface area contributed by atoms with Gasteiger partial charge in [-0.3, -0.25) is 9.59 Å². The maximum atomic E-state index is 13.5. The number of hydrogen-bond donors (Lipinski definition) is 0. The second kappa shape index (κ2) is 13.9. The van der Waals surface area contributed by atoms with Crippen LogP contribution in [0.1, 0.15) is 57.2 Å². The highest BCUT2D eigenvalue weighted by molar-refractivity contribution is 8.16. The van der Waals surface area contributed by atoms with Gasteiger partial charge in [-0.25, -0.2) is 9.79 Å². The van der Waals surface area contributed by atoms with E-state index in [9.17, 15) is 14.4 Å². The van der Waals surface area contributed by atoms with Crippen molar-refractivity contribution in [2.75, 3.05) is 26.3 Å². The van der Waals surface area contributed by atoms with E-state index in [1.54, 1.807) is 18.7 Å². The minimum atomic E-state index is -0.546. The maximum absolute atomic E-state index is 13.5. The van der Waals surface area contributed by atoms with Gasteiger partial charge in [0.1, 0.15) is 12.4 Å². The molecule has 0 radical (unpaired) electrons. The van der Waals surface area contributed by atoms with E-state index in [1.807, 2.05) is 71.8 Å². The highest BCUT2D eigenvalue weighted by Crippen LogP contribution is 2.45. The molecular formula is C33H37N3O6S. The Labute approximate surface area is 256 Å².